The highest BCUT2D eigenvalue weighted by Gasteiger charge is 2.38. The summed E-state index contributed by atoms with van der Waals surface area (Å²) in [6, 6.07) is 12.4. The minimum absolute atomic E-state index is 0.0871. The van der Waals surface area contributed by atoms with E-state index in [1.807, 2.05) is 0 Å². The zero-order valence-electron chi connectivity index (χ0n) is 18.4. The van der Waals surface area contributed by atoms with Gasteiger partial charge < -0.3 is 4.74 Å². The molecule has 36 heavy (non-hydrogen) atoms. The van der Waals surface area contributed by atoms with Crippen molar-refractivity contribution in [2.75, 3.05) is 0 Å². The predicted octanol–water partition coefficient (Wildman–Crippen LogP) is 8.02. The maximum atomic E-state index is 14.8. The summed E-state index contributed by atoms with van der Waals surface area (Å²) in [5, 5.41) is 8.66. The lowest BCUT2D eigenvalue weighted by molar-refractivity contribution is -0.187. The molecule has 0 saturated heterocycles. The van der Waals surface area contributed by atoms with Gasteiger partial charge in [-0.3, -0.25) is 0 Å². The molecule has 4 rings (SSSR count). The van der Waals surface area contributed by atoms with Crippen LogP contribution >= 0.6 is 0 Å². The first kappa shape index (κ1) is 24.8. The van der Waals surface area contributed by atoms with E-state index in [0.29, 0.717) is 29.8 Å². The number of nitriles is 1. The van der Waals surface area contributed by atoms with Gasteiger partial charge in [0.2, 0.25) is 0 Å². The second kappa shape index (κ2) is 9.38. The van der Waals surface area contributed by atoms with Crippen molar-refractivity contribution in [3.8, 4) is 34.1 Å². The van der Waals surface area contributed by atoms with Crippen LogP contribution in [0.2, 0.25) is 0 Å². The molecule has 0 unspecified atom stereocenters. The summed E-state index contributed by atoms with van der Waals surface area (Å²) in [6.45, 7) is 1.70. The summed E-state index contributed by atoms with van der Waals surface area (Å²) in [5.74, 6) is -6.69. The highest BCUT2D eigenvalue weighted by molar-refractivity contribution is 5.71. The molecule has 182 valence electrons. The van der Waals surface area contributed by atoms with E-state index in [2.05, 4.69) is 4.74 Å². The van der Waals surface area contributed by atoms with Crippen molar-refractivity contribution in [1.29, 1.82) is 5.26 Å². The Hall–Kier alpha value is -4.32. The van der Waals surface area contributed by atoms with Crippen molar-refractivity contribution >= 4 is 0 Å². The molecule has 0 saturated carbocycles. The Labute approximate surface area is 200 Å². The van der Waals surface area contributed by atoms with E-state index in [9.17, 15) is 30.7 Å². The molecular weight excluding hydrogens is 487 g/mol. The molecule has 0 fully saturated rings. The van der Waals surface area contributed by atoms with E-state index in [-0.39, 0.29) is 22.3 Å². The minimum Gasteiger partial charge on any atom is -0.429 e. The van der Waals surface area contributed by atoms with Crippen LogP contribution in [0.1, 0.15) is 16.7 Å². The van der Waals surface area contributed by atoms with E-state index >= 15 is 0 Å². The van der Waals surface area contributed by atoms with Gasteiger partial charge in [-0.25, -0.2) is 22.0 Å². The Bertz CT molecular complexity index is 1500. The monoisotopic (exact) mass is 501 g/mol. The summed E-state index contributed by atoms with van der Waals surface area (Å²) in [7, 11) is 0. The molecule has 0 aliphatic rings. The fourth-order valence-corrected chi connectivity index (χ4v) is 3.61. The van der Waals surface area contributed by atoms with E-state index in [1.165, 1.54) is 30.3 Å². The smallest absolute Gasteiger partial charge is 0.429 e. The van der Waals surface area contributed by atoms with Gasteiger partial charge in [-0.05, 0) is 47.9 Å². The van der Waals surface area contributed by atoms with Gasteiger partial charge in [0.15, 0.2) is 0 Å². The molecule has 0 radical (unpaired) electrons. The molecule has 2 nitrogen and oxygen atoms in total. The Morgan fingerprint density at radius 3 is 1.72 bits per heavy atom. The molecule has 0 aromatic heterocycles. The summed E-state index contributed by atoms with van der Waals surface area (Å²) >= 11 is 0. The molecule has 0 heterocycles. The summed E-state index contributed by atoms with van der Waals surface area (Å²) in [5.41, 5.74) is -1.41. The second-order valence-electron chi connectivity index (χ2n) is 7.87. The normalized spacial score (nSPS) is 11.3. The lowest BCUT2D eigenvalue weighted by Gasteiger charge is -2.19. The lowest BCUT2D eigenvalue weighted by atomic mass is 9.97. The largest absolute Gasteiger partial charge is 0.429 e. The highest BCUT2D eigenvalue weighted by Crippen LogP contribution is 2.37. The minimum atomic E-state index is -4.36. The second-order valence-corrected chi connectivity index (χ2v) is 7.87. The molecule has 0 N–H and O–H groups in total. The molecule has 0 aliphatic carbocycles. The zero-order chi connectivity index (χ0) is 26.2. The number of alkyl halides is 2. The maximum absolute atomic E-state index is 14.8. The van der Waals surface area contributed by atoms with Gasteiger partial charge in [-0.15, -0.1) is 0 Å². The van der Waals surface area contributed by atoms with Crippen LogP contribution in [0.5, 0.6) is 5.75 Å². The van der Waals surface area contributed by atoms with Gasteiger partial charge >= 0.3 is 6.11 Å². The maximum Gasteiger partial charge on any atom is 0.429 e. The summed E-state index contributed by atoms with van der Waals surface area (Å²) in [4.78, 5) is 0. The van der Waals surface area contributed by atoms with E-state index in [4.69, 9.17) is 5.26 Å². The number of halogens is 7. The van der Waals surface area contributed by atoms with E-state index < -0.39 is 52.1 Å². The molecule has 0 atom stereocenters. The Balaban J connectivity index is 1.63. The summed E-state index contributed by atoms with van der Waals surface area (Å²) < 4.78 is 105. The van der Waals surface area contributed by atoms with Crippen LogP contribution in [0.25, 0.3) is 22.3 Å². The first-order valence-corrected chi connectivity index (χ1v) is 10.3. The van der Waals surface area contributed by atoms with Crippen LogP contribution < -0.4 is 4.74 Å². The van der Waals surface area contributed by atoms with Crippen LogP contribution in [-0.4, -0.2) is 0 Å². The van der Waals surface area contributed by atoms with Crippen LogP contribution in [-0.2, 0) is 6.11 Å². The SMILES string of the molecule is Cc1ccc(-c2ccc(-c3ccc(C(F)(F)Oc4cc(F)c(C#N)c(F)c4)c(F)c3)c(F)c2)c(F)c1. The van der Waals surface area contributed by atoms with Gasteiger partial charge in [0.1, 0.15) is 46.5 Å². The van der Waals surface area contributed by atoms with Crippen LogP contribution in [0.15, 0.2) is 66.7 Å². The lowest BCUT2D eigenvalue weighted by Crippen LogP contribution is -2.23. The third kappa shape index (κ3) is 4.75. The average Bonchev–Trinajstić information content (AvgIpc) is 2.78. The summed E-state index contributed by atoms with van der Waals surface area (Å²) in [6.07, 6.45) is -4.36. The van der Waals surface area contributed by atoms with E-state index in [1.54, 1.807) is 13.0 Å². The van der Waals surface area contributed by atoms with Gasteiger partial charge in [0.05, 0.1) is 5.56 Å². The molecule has 4 aromatic rings. The van der Waals surface area contributed by atoms with Crippen molar-refractivity contribution in [3.05, 3.63) is 113 Å². The molecule has 0 aliphatic heterocycles. The number of ether oxygens (including phenoxy) is 1. The quantitative estimate of drug-likeness (QED) is 0.260. The topological polar surface area (TPSA) is 33.0 Å². The van der Waals surface area contributed by atoms with Crippen molar-refractivity contribution in [1.82, 2.24) is 0 Å². The van der Waals surface area contributed by atoms with Crippen LogP contribution in [0.4, 0.5) is 30.7 Å². The van der Waals surface area contributed by atoms with Crippen molar-refractivity contribution in [2.24, 2.45) is 0 Å². The third-order valence-corrected chi connectivity index (χ3v) is 5.37. The molecule has 0 spiro atoms. The Morgan fingerprint density at radius 2 is 1.19 bits per heavy atom. The molecule has 4 aromatic carbocycles. The Kier molecular flexibility index (Phi) is 6.46. The third-order valence-electron chi connectivity index (χ3n) is 5.37. The van der Waals surface area contributed by atoms with Gasteiger partial charge in [-0.1, -0.05) is 30.3 Å². The Morgan fingerprint density at radius 1 is 0.667 bits per heavy atom. The zero-order valence-corrected chi connectivity index (χ0v) is 18.4. The molecule has 0 amide bonds. The first-order valence-electron chi connectivity index (χ1n) is 10.3. The van der Waals surface area contributed by atoms with Crippen molar-refractivity contribution in [3.63, 3.8) is 0 Å². The highest BCUT2D eigenvalue weighted by atomic mass is 19.3. The number of rotatable bonds is 5. The first-order chi connectivity index (χ1) is 17.0. The fraction of sp³-hybridized carbons (Fsp3) is 0.0741. The standard InChI is InChI=1S/C27H14F7NO/c1-14-2-5-18(22(28)8-14)15-3-6-19(23(29)9-15)16-4-7-21(26(32)10-16)27(33,34)36-17-11-24(30)20(13-35)25(31)12-17/h2-12H,1H3. The number of hydrogen-bond acceptors (Lipinski definition) is 2. The van der Waals surface area contributed by atoms with Crippen LogP contribution in [0.3, 0.4) is 0 Å². The number of benzene rings is 4. The van der Waals surface area contributed by atoms with Gasteiger partial charge in [-0.2, -0.15) is 14.0 Å². The van der Waals surface area contributed by atoms with Crippen LogP contribution in [0, 0.1) is 47.3 Å². The molecule has 9 heteroatoms. The van der Waals surface area contributed by atoms with E-state index in [0.717, 1.165) is 12.1 Å². The van der Waals surface area contributed by atoms with Gasteiger partial charge in [0, 0.05) is 23.3 Å². The number of nitrogens with zero attached hydrogens (tertiary/aromatic N) is 1. The molecular formula is C27H14F7NO. The molecule has 0 bridgehead atoms. The average molecular weight is 501 g/mol. The van der Waals surface area contributed by atoms with Crippen molar-refractivity contribution < 1.29 is 35.5 Å². The number of hydrogen-bond donors (Lipinski definition) is 0. The van der Waals surface area contributed by atoms with Gasteiger partial charge in [0.25, 0.3) is 0 Å². The number of aryl methyl sites for hydroxylation is 1. The fourth-order valence-electron chi connectivity index (χ4n) is 3.61. The predicted molar refractivity (Wildman–Crippen MR) is 118 cm³/mol. The van der Waals surface area contributed by atoms with Crippen molar-refractivity contribution in [2.45, 2.75) is 13.0 Å².